The normalized spacial score (nSPS) is 7.50. The molecule has 0 aliphatic heterocycles. The maximum atomic E-state index is 7.80. The van der Waals surface area contributed by atoms with Crippen LogP contribution < -0.4 is 0 Å². The summed E-state index contributed by atoms with van der Waals surface area (Å²) < 4.78 is 0. The smallest absolute Gasteiger partial charge is 0.0519 e. The molecule has 0 aromatic carbocycles. The van der Waals surface area contributed by atoms with Crippen LogP contribution in [0.15, 0.2) is 0 Å². The molecular weight excluding hydrogens is 73.1 g/mol. The Hall–Kier alpha value is 0.310. The lowest BCUT2D eigenvalue weighted by Crippen LogP contribution is -1.76. The molecule has 4 heavy (non-hydrogen) atoms. The molecule has 1 nitrogen and oxygen atoms in total. The van der Waals surface area contributed by atoms with Gasteiger partial charge in [0.2, 0.25) is 0 Å². The SMILES string of the molecule is O[13CH2]CS. The van der Waals surface area contributed by atoms with Gasteiger partial charge >= 0.3 is 0 Å². The summed E-state index contributed by atoms with van der Waals surface area (Å²) in [5, 5.41) is 7.80. The maximum absolute atomic E-state index is 7.80. The monoisotopic (exact) mass is 79.0 g/mol. The quantitative estimate of drug-likeness (QED) is 0.332. The predicted molar refractivity (Wildman–Crippen MR) is 20.9 cm³/mol. The summed E-state index contributed by atoms with van der Waals surface area (Å²) in [4.78, 5) is 0. The molecule has 0 saturated heterocycles. The molecule has 0 fully saturated rings. The molecule has 0 heterocycles. The van der Waals surface area contributed by atoms with Crippen LogP contribution in [0.3, 0.4) is 0 Å². The Morgan fingerprint density at radius 3 is 2.00 bits per heavy atom. The van der Waals surface area contributed by atoms with Crippen molar-refractivity contribution in [2.75, 3.05) is 12.4 Å². The minimum absolute atomic E-state index is 0.184. The second-order valence-electron chi connectivity index (χ2n) is 0.447. The van der Waals surface area contributed by atoms with Gasteiger partial charge in [-0.1, -0.05) is 0 Å². The number of aliphatic hydroxyl groups excluding tert-OH is 1. The van der Waals surface area contributed by atoms with Gasteiger partial charge in [-0.05, 0) is 0 Å². The van der Waals surface area contributed by atoms with E-state index in [4.69, 9.17) is 5.11 Å². The van der Waals surface area contributed by atoms with Crippen molar-refractivity contribution in [1.29, 1.82) is 0 Å². The van der Waals surface area contributed by atoms with Crippen molar-refractivity contribution in [1.82, 2.24) is 0 Å². The molecule has 1 N–H and O–H groups in total. The number of thiol groups is 1. The molecule has 0 saturated carbocycles. The fourth-order valence-corrected chi connectivity index (χ4v) is 0. The molecule has 0 unspecified atom stereocenters. The van der Waals surface area contributed by atoms with Gasteiger partial charge in [-0.25, -0.2) is 0 Å². The molecule has 0 bridgehead atoms. The van der Waals surface area contributed by atoms with E-state index in [2.05, 4.69) is 12.6 Å². The first-order valence-corrected chi connectivity index (χ1v) is 1.76. The molecule has 26 valence electrons. The van der Waals surface area contributed by atoms with Crippen molar-refractivity contribution in [2.45, 2.75) is 0 Å². The number of hydrogen-bond acceptors (Lipinski definition) is 2. The Morgan fingerprint density at radius 1 is 1.75 bits per heavy atom. The zero-order valence-electron chi connectivity index (χ0n) is 2.31. The van der Waals surface area contributed by atoms with E-state index in [1.54, 1.807) is 0 Å². The Labute approximate surface area is 31.1 Å². The zero-order valence-corrected chi connectivity index (χ0v) is 3.20. The fraction of sp³-hybridized carbons (Fsp3) is 1.00. The van der Waals surface area contributed by atoms with Crippen LogP contribution in [0.4, 0.5) is 0 Å². The van der Waals surface area contributed by atoms with Gasteiger partial charge in [-0.3, -0.25) is 0 Å². The van der Waals surface area contributed by atoms with Gasteiger partial charge in [0, 0.05) is 5.75 Å². The number of aliphatic hydroxyl groups is 1. The lowest BCUT2D eigenvalue weighted by atomic mass is 11.3. The molecular formula is C2H6OS. The van der Waals surface area contributed by atoms with E-state index < -0.39 is 0 Å². The van der Waals surface area contributed by atoms with Crippen molar-refractivity contribution in [2.24, 2.45) is 0 Å². The van der Waals surface area contributed by atoms with Gasteiger partial charge in [0.1, 0.15) is 0 Å². The van der Waals surface area contributed by atoms with Crippen LogP contribution in [0, 0.1) is 0 Å². The van der Waals surface area contributed by atoms with Crippen molar-refractivity contribution >= 4 is 12.6 Å². The van der Waals surface area contributed by atoms with Gasteiger partial charge in [-0.2, -0.15) is 12.6 Å². The van der Waals surface area contributed by atoms with Crippen molar-refractivity contribution < 1.29 is 5.11 Å². The Balaban J connectivity index is 1.97. The molecule has 0 radical (unpaired) electrons. The summed E-state index contributed by atoms with van der Waals surface area (Å²) in [7, 11) is 0. The summed E-state index contributed by atoms with van der Waals surface area (Å²) in [6, 6.07) is 0. The lowest BCUT2D eigenvalue weighted by Gasteiger charge is -1.69. The van der Waals surface area contributed by atoms with Crippen LogP contribution in [-0.4, -0.2) is 17.5 Å². The number of rotatable bonds is 1. The maximum Gasteiger partial charge on any atom is 0.0519 e. The lowest BCUT2D eigenvalue weighted by molar-refractivity contribution is 0.323. The average Bonchev–Trinajstić information content (AvgIpc) is 1.37. The average molecular weight is 79.1 g/mol. The third-order valence-electron chi connectivity index (χ3n) is 0.1000. The molecule has 0 aromatic heterocycles. The van der Waals surface area contributed by atoms with Gasteiger partial charge in [0.05, 0.1) is 6.61 Å². The molecule has 0 atom stereocenters. The third-order valence-corrected chi connectivity index (χ3v) is 0.300. The third kappa shape index (κ3) is 2.31. The molecule has 2 heteroatoms. The van der Waals surface area contributed by atoms with Gasteiger partial charge in [0.15, 0.2) is 0 Å². The summed E-state index contributed by atoms with van der Waals surface area (Å²) in [6.45, 7) is 0.184. The number of hydrogen-bond donors (Lipinski definition) is 2. The van der Waals surface area contributed by atoms with E-state index in [0.29, 0.717) is 5.75 Å². The van der Waals surface area contributed by atoms with Gasteiger partial charge < -0.3 is 5.11 Å². The highest BCUT2D eigenvalue weighted by molar-refractivity contribution is 7.80. The molecule has 0 spiro atoms. The first-order chi connectivity index (χ1) is 1.91. The first-order valence-electron chi connectivity index (χ1n) is 1.13. The van der Waals surface area contributed by atoms with Crippen LogP contribution in [-0.2, 0) is 0 Å². The van der Waals surface area contributed by atoms with E-state index in [0.717, 1.165) is 0 Å². The summed E-state index contributed by atoms with van der Waals surface area (Å²) in [5.74, 6) is 0.569. The summed E-state index contributed by atoms with van der Waals surface area (Å²) in [6.07, 6.45) is 0. The Kier molecular flexibility index (Phi) is 3.57. The van der Waals surface area contributed by atoms with Crippen molar-refractivity contribution in [3.63, 3.8) is 0 Å². The van der Waals surface area contributed by atoms with E-state index >= 15 is 0 Å². The first kappa shape index (κ1) is 4.31. The van der Waals surface area contributed by atoms with E-state index in [-0.39, 0.29) is 6.61 Å². The van der Waals surface area contributed by atoms with Crippen molar-refractivity contribution in [3.05, 3.63) is 0 Å². The van der Waals surface area contributed by atoms with E-state index in [1.807, 2.05) is 0 Å². The van der Waals surface area contributed by atoms with Crippen LogP contribution >= 0.6 is 12.6 Å². The summed E-state index contributed by atoms with van der Waals surface area (Å²) in [5.41, 5.74) is 0. The van der Waals surface area contributed by atoms with Gasteiger partial charge in [0.25, 0.3) is 0 Å². The topological polar surface area (TPSA) is 20.2 Å². The van der Waals surface area contributed by atoms with Crippen LogP contribution in [0.2, 0.25) is 0 Å². The minimum Gasteiger partial charge on any atom is -0.396 e. The standard InChI is InChI=1S/C2H6OS/c3-1-2-4/h3-4H,1-2H2/i1+1. The highest BCUT2D eigenvalue weighted by Gasteiger charge is 1.57. The van der Waals surface area contributed by atoms with Crippen LogP contribution in [0.5, 0.6) is 0 Å². The van der Waals surface area contributed by atoms with Crippen LogP contribution in [0.25, 0.3) is 0 Å². The Bertz CT molecular complexity index is 8.00. The van der Waals surface area contributed by atoms with Crippen molar-refractivity contribution in [3.8, 4) is 0 Å². The summed E-state index contributed by atoms with van der Waals surface area (Å²) >= 11 is 3.67. The molecule has 0 amide bonds. The molecule has 0 aliphatic rings. The second-order valence-corrected chi connectivity index (χ2v) is 0.894. The van der Waals surface area contributed by atoms with E-state index in [1.165, 1.54) is 0 Å². The van der Waals surface area contributed by atoms with Gasteiger partial charge in [-0.15, -0.1) is 0 Å². The zero-order chi connectivity index (χ0) is 3.41. The molecule has 0 aliphatic carbocycles. The Morgan fingerprint density at radius 2 is 2.00 bits per heavy atom. The second kappa shape index (κ2) is 3.31. The minimum atomic E-state index is 0.184. The largest absolute Gasteiger partial charge is 0.396 e. The highest BCUT2D eigenvalue weighted by Crippen LogP contribution is 1.61. The highest BCUT2D eigenvalue weighted by atomic mass is 32.1. The van der Waals surface area contributed by atoms with Crippen LogP contribution in [0.1, 0.15) is 0 Å². The predicted octanol–water partition coefficient (Wildman–Crippen LogP) is -0.0915. The fourth-order valence-electron chi connectivity index (χ4n) is 0. The molecule has 0 rings (SSSR count). The van der Waals surface area contributed by atoms with E-state index in [9.17, 15) is 0 Å². The molecule has 0 aromatic rings.